The minimum absolute atomic E-state index is 0.250. The van der Waals surface area contributed by atoms with Crippen LogP contribution in [0.4, 0.5) is 0 Å². The van der Waals surface area contributed by atoms with E-state index in [-0.39, 0.29) is 5.54 Å². The SMILES string of the molecule is Brc1ccc(-c2cc3ccccc3[cH-]2)cc1.CC(C)(C)[NH-].C[Si]C.[Cl][Zr+2][Cl]. The molecule has 144 valence electrons. The summed E-state index contributed by atoms with van der Waals surface area (Å²) in [4.78, 5) is 0. The number of fused-ring (bicyclic) bond motifs is 1. The Morgan fingerprint density at radius 2 is 1.44 bits per heavy atom. The summed E-state index contributed by atoms with van der Waals surface area (Å²) in [6.07, 6.45) is 0. The fourth-order valence-corrected chi connectivity index (χ4v) is 2.22. The Labute approximate surface area is 194 Å². The molecule has 3 aromatic carbocycles. The Morgan fingerprint density at radius 1 is 1.00 bits per heavy atom. The Kier molecular flexibility index (Phi) is 15.2. The fraction of sp³-hybridized carbons (Fsp3) is 0.286. The van der Waals surface area contributed by atoms with Gasteiger partial charge in [-0.3, -0.25) is 0 Å². The van der Waals surface area contributed by atoms with Crippen molar-refractivity contribution >= 4 is 53.2 Å². The first kappa shape index (κ1) is 27.2. The molecule has 0 bridgehead atoms. The molecule has 0 unspecified atom stereocenters. The van der Waals surface area contributed by atoms with Crippen molar-refractivity contribution < 1.29 is 20.8 Å². The molecule has 0 amide bonds. The van der Waals surface area contributed by atoms with Crippen LogP contribution in [0.2, 0.25) is 13.1 Å². The number of rotatable bonds is 1. The summed E-state index contributed by atoms with van der Waals surface area (Å²) < 4.78 is 1.12. The van der Waals surface area contributed by atoms with Gasteiger partial charge in [-0.05, 0) is 0 Å². The fourth-order valence-electron chi connectivity index (χ4n) is 1.96. The third kappa shape index (κ3) is 13.9. The van der Waals surface area contributed by atoms with E-state index in [1.807, 2.05) is 20.8 Å². The van der Waals surface area contributed by atoms with Gasteiger partial charge in [0.15, 0.2) is 0 Å². The summed E-state index contributed by atoms with van der Waals surface area (Å²) in [5, 5.41) is 2.61. The third-order valence-electron chi connectivity index (χ3n) is 2.80. The number of hydrogen-bond acceptors (Lipinski definition) is 0. The maximum atomic E-state index is 6.94. The van der Waals surface area contributed by atoms with Crippen molar-refractivity contribution in [2.75, 3.05) is 0 Å². The summed E-state index contributed by atoms with van der Waals surface area (Å²) in [5.41, 5.74) is 9.24. The molecule has 0 spiro atoms. The first-order chi connectivity index (χ1) is 12.7. The monoisotopic (exact) mass is 559 g/mol. The minimum atomic E-state index is -0.826. The predicted molar refractivity (Wildman–Crippen MR) is 126 cm³/mol. The van der Waals surface area contributed by atoms with Crippen molar-refractivity contribution in [1.29, 1.82) is 0 Å². The normalized spacial score (nSPS) is 9.67. The maximum absolute atomic E-state index is 6.94. The van der Waals surface area contributed by atoms with E-state index in [1.54, 1.807) is 0 Å². The molecule has 6 heteroatoms. The topological polar surface area (TPSA) is 23.8 Å². The van der Waals surface area contributed by atoms with E-state index in [0.717, 1.165) is 14.0 Å². The summed E-state index contributed by atoms with van der Waals surface area (Å²) in [5.74, 6) is 0. The van der Waals surface area contributed by atoms with Crippen molar-refractivity contribution in [3.8, 4) is 11.1 Å². The number of nitrogens with one attached hydrogen (secondary N) is 1. The third-order valence-corrected chi connectivity index (χ3v) is 3.32. The molecular weight excluding hydrogens is 536 g/mol. The zero-order chi connectivity index (χ0) is 20.9. The van der Waals surface area contributed by atoms with Gasteiger partial charge in [0, 0.05) is 14.0 Å². The van der Waals surface area contributed by atoms with Crippen LogP contribution in [0, 0.1) is 0 Å². The Morgan fingerprint density at radius 3 is 1.89 bits per heavy atom. The zero-order valence-electron chi connectivity index (χ0n) is 16.4. The van der Waals surface area contributed by atoms with Gasteiger partial charge in [-0.1, -0.05) is 97.8 Å². The van der Waals surface area contributed by atoms with Crippen LogP contribution in [-0.2, 0) is 20.8 Å². The average molecular weight is 563 g/mol. The van der Waals surface area contributed by atoms with Gasteiger partial charge in [-0.2, -0.15) is 0 Å². The van der Waals surface area contributed by atoms with Crippen LogP contribution in [0.25, 0.3) is 27.6 Å². The average Bonchev–Trinajstić information content (AvgIpc) is 2.99. The second kappa shape index (κ2) is 15.1. The van der Waals surface area contributed by atoms with Gasteiger partial charge in [-0.25, -0.2) is 0 Å². The van der Waals surface area contributed by atoms with Crippen molar-refractivity contribution in [2.24, 2.45) is 0 Å². The van der Waals surface area contributed by atoms with Crippen molar-refractivity contribution in [3.05, 3.63) is 70.9 Å². The summed E-state index contributed by atoms with van der Waals surface area (Å²) in [6.45, 7) is 9.87. The number of halogens is 3. The van der Waals surface area contributed by atoms with Gasteiger partial charge in [0.1, 0.15) is 0 Å². The van der Waals surface area contributed by atoms with Crippen LogP contribution in [0.3, 0.4) is 0 Å². The van der Waals surface area contributed by atoms with Crippen LogP contribution in [0.5, 0.6) is 0 Å². The van der Waals surface area contributed by atoms with Gasteiger partial charge in [0.05, 0.1) is 0 Å². The van der Waals surface area contributed by atoms with Crippen LogP contribution in [0.1, 0.15) is 20.8 Å². The summed E-state index contributed by atoms with van der Waals surface area (Å²) in [6, 6.07) is 21.4. The molecular formula is C21H26BrCl2NSiZr. The van der Waals surface area contributed by atoms with E-state index in [4.69, 9.17) is 22.8 Å². The van der Waals surface area contributed by atoms with Crippen LogP contribution in [-0.4, -0.2) is 15.1 Å². The molecule has 0 saturated carbocycles. The Bertz CT molecular complexity index is 714. The molecule has 0 heterocycles. The first-order valence-electron chi connectivity index (χ1n) is 8.37. The van der Waals surface area contributed by atoms with Crippen molar-refractivity contribution in [3.63, 3.8) is 0 Å². The standard InChI is InChI=1S/C15H10Br.C4H10N.C2H6Si.2ClH.Zr/c16-15-7-5-11(6-8-15)14-9-12-3-1-2-4-13(12)10-14;1-4(2,3)5;1-3-2;;;/h1-10H;5H,1-3H3;1-2H3;2*1H;/q2*-1;;;;+4/p-2. The van der Waals surface area contributed by atoms with E-state index >= 15 is 0 Å². The van der Waals surface area contributed by atoms with Crippen LogP contribution >= 0.6 is 33.0 Å². The van der Waals surface area contributed by atoms with E-state index in [0.29, 0.717) is 0 Å². The number of benzene rings is 2. The molecule has 0 atom stereocenters. The van der Waals surface area contributed by atoms with Gasteiger partial charge >= 0.3 is 37.9 Å². The van der Waals surface area contributed by atoms with E-state index < -0.39 is 20.8 Å². The predicted octanol–water partition coefficient (Wildman–Crippen LogP) is 8.99. The van der Waals surface area contributed by atoms with Gasteiger partial charge in [-0.15, -0.1) is 40.1 Å². The molecule has 2 radical (unpaired) electrons. The van der Waals surface area contributed by atoms with E-state index in [9.17, 15) is 0 Å². The molecule has 0 aliphatic carbocycles. The second-order valence-corrected chi connectivity index (χ2v) is 12.3. The molecule has 27 heavy (non-hydrogen) atoms. The molecule has 1 nitrogen and oxygen atoms in total. The molecule has 0 fully saturated rings. The van der Waals surface area contributed by atoms with Crippen LogP contribution < -0.4 is 0 Å². The van der Waals surface area contributed by atoms with Gasteiger partial charge in [0.25, 0.3) is 0 Å². The first-order valence-corrected chi connectivity index (χ1v) is 17.5. The molecule has 0 aliphatic heterocycles. The quantitative estimate of drug-likeness (QED) is 0.209. The van der Waals surface area contributed by atoms with Crippen LogP contribution in [0.15, 0.2) is 65.1 Å². The molecule has 0 aliphatic rings. The van der Waals surface area contributed by atoms with Gasteiger partial charge in [0.2, 0.25) is 0 Å². The summed E-state index contributed by atoms with van der Waals surface area (Å²) >= 11 is 2.63. The molecule has 0 aromatic heterocycles. The molecule has 3 rings (SSSR count). The Balaban J connectivity index is 0.000000516. The van der Waals surface area contributed by atoms with E-state index in [1.165, 1.54) is 21.9 Å². The summed E-state index contributed by atoms with van der Waals surface area (Å²) in [7, 11) is 11.0. The molecule has 1 N–H and O–H groups in total. The van der Waals surface area contributed by atoms with E-state index in [2.05, 4.69) is 89.7 Å². The van der Waals surface area contributed by atoms with Crippen molar-refractivity contribution in [1.82, 2.24) is 0 Å². The van der Waals surface area contributed by atoms with Gasteiger partial charge < -0.3 is 5.73 Å². The van der Waals surface area contributed by atoms with Crippen molar-refractivity contribution in [2.45, 2.75) is 39.4 Å². The molecule has 3 aromatic rings. The number of hydrogen-bond donors (Lipinski definition) is 0. The zero-order valence-corrected chi connectivity index (χ0v) is 23.0. The Hall–Kier alpha value is 0.170. The second-order valence-electron chi connectivity index (χ2n) is 6.70. The molecule has 0 saturated heterocycles.